The van der Waals surface area contributed by atoms with Crippen molar-refractivity contribution in [1.82, 2.24) is 10.2 Å². The Bertz CT molecular complexity index is 449. The van der Waals surface area contributed by atoms with E-state index < -0.39 is 0 Å². The first kappa shape index (κ1) is 15.6. The van der Waals surface area contributed by atoms with E-state index in [-0.39, 0.29) is 0 Å². The molecule has 2 saturated heterocycles. The average molecular weight is 304 g/mol. The maximum Gasteiger partial charge on any atom is 0.119 e. The number of nitrogens with zero attached hydrogens (tertiary/aromatic N) is 1. The molecule has 2 fully saturated rings. The minimum Gasteiger partial charge on any atom is -0.494 e. The molecule has 2 heterocycles. The van der Waals surface area contributed by atoms with Crippen LogP contribution < -0.4 is 14.8 Å². The minimum absolute atomic E-state index is 0.764. The maximum absolute atomic E-state index is 5.87. The van der Waals surface area contributed by atoms with Gasteiger partial charge in [0.2, 0.25) is 0 Å². The Morgan fingerprint density at radius 1 is 1.05 bits per heavy atom. The highest BCUT2D eigenvalue weighted by Crippen LogP contribution is 2.26. The number of ether oxygens (including phenoxy) is 2. The van der Waals surface area contributed by atoms with Crippen molar-refractivity contribution in [2.75, 3.05) is 45.9 Å². The summed E-state index contributed by atoms with van der Waals surface area (Å²) in [5, 5.41) is 3.52. The van der Waals surface area contributed by atoms with Crippen LogP contribution in [-0.2, 0) is 0 Å². The fourth-order valence-corrected chi connectivity index (χ4v) is 3.46. The van der Waals surface area contributed by atoms with Gasteiger partial charge in [-0.05, 0) is 68.6 Å². The fraction of sp³-hybridized carbons (Fsp3) is 0.667. The lowest BCUT2D eigenvalue weighted by Gasteiger charge is -2.34. The number of hydrogen-bond donors (Lipinski definition) is 1. The lowest BCUT2D eigenvalue weighted by molar-refractivity contribution is 0.127. The zero-order valence-corrected chi connectivity index (χ0v) is 13.6. The molecule has 22 heavy (non-hydrogen) atoms. The number of piperidine rings is 1. The van der Waals surface area contributed by atoms with E-state index in [0.717, 1.165) is 49.5 Å². The third-order valence-electron chi connectivity index (χ3n) is 4.76. The Hall–Kier alpha value is -1.26. The van der Waals surface area contributed by atoms with Gasteiger partial charge in [0.05, 0.1) is 6.61 Å². The smallest absolute Gasteiger partial charge is 0.119 e. The van der Waals surface area contributed by atoms with Gasteiger partial charge in [-0.1, -0.05) is 6.92 Å². The van der Waals surface area contributed by atoms with Crippen molar-refractivity contribution < 1.29 is 9.47 Å². The number of nitrogens with one attached hydrogen (secondary N) is 1. The van der Waals surface area contributed by atoms with Crippen molar-refractivity contribution in [3.63, 3.8) is 0 Å². The molecule has 0 aromatic heterocycles. The molecule has 2 aliphatic heterocycles. The standard InChI is InChI=1S/C18H28N2O2/c1-2-10-21-17-3-5-18(6-4-17)22-11-9-20-8-7-15-12-19-13-16(15)14-20/h3-6,15-16,19H,2,7-14H2,1H3. The SMILES string of the molecule is CCCOc1ccc(OCCN2CCC3CNCC3C2)cc1. The summed E-state index contributed by atoms with van der Waals surface area (Å²) in [5.74, 6) is 3.61. The Balaban J connectivity index is 1.37. The molecule has 0 spiro atoms. The van der Waals surface area contributed by atoms with Crippen LogP contribution in [0.1, 0.15) is 19.8 Å². The Morgan fingerprint density at radius 2 is 1.73 bits per heavy atom. The third kappa shape index (κ3) is 4.14. The summed E-state index contributed by atoms with van der Waals surface area (Å²) in [7, 11) is 0. The molecule has 2 unspecified atom stereocenters. The highest BCUT2D eigenvalue weighted by Gasteiger charge is 2.32. The van der Waals surface area contributed by atoms with Gasteiger partial charge in [0.15, 0.2) is 0 Å². The number of likely N-dealkylation sites (tertiary alicyclic amines) is 1. The molecule has 1 aromatic carbocycles. The zero-order valence-electron chi connectivity index (χ0n) is 13.6. The van der Waals surface area contributed by atoms with Crippen LogP contribution in [-0.4, -0.2) is 50.8 Å². The van der Waals surface area contributed by atoms with Crippen molar-refractivity contribution in [2.45, 2.75) is 19.8 Å². The maximum atomic E-state index is 5.87. The van der Waals surface area contributed by atoms with Crippen LogP contribution in [0.4, 0.5) is 0 Å². The van der Waals surface area contributed by atoms with Gasteiger partial charge < -0.3 is 14.8 Å². The van der Waals surface area contributed by atoms with Crippen LogP contribution in [0, 0.1) is 11.8 Å². The van der Waals surface area contributed by atoms with Crippen molar-refractivity contribution in [2.24, 2.45) is 11.8 Å². The van der Waals surface area contributed by atoms with E-state index in [0.29, 0.717) is 0 Å². The molecule has 1 aromatic rings. The second-order valence-corrected chi connectivity index (χ2v) is 6.44. The molecule has 0 aliphatic carbocycles. The van der Waals surface area contributed by atoms with E-state index in [1.807, 2.05) is 24.3 Å². The average Bonchev–Trinajstić information content (AvgIpc) is 3.02. The highest BCUT2D eigenvalue weighted by atomic mass is 16.5. The van der Waals surface area contributed by atoms with Crippen LogP contribution in [0.2, 0.25) is 0 Å². The van der Waals surface area contributed by atoms with E-state index in [4.69, 9.17) is 9.47 Å². The summed E-state index contributed by atoms with van der Waals surface area (Å²) >= 11 is 0. The van der Waals surface area contributed by atoms with Gasteiger partial charge in [-0.25, -0.2) is 0 Å². The largest absolute Gasteiger partial charge is 0.494 e. The predicted octanol–water partition coefficient (Wildman–Crippen LogP) is 2.40. The third-order valence-corrected chi connectivity index (χ3v) is 4.76. The molecule has 4 nitrogen and oxygen atoms in total. The molecule has 1 N–H and O–H groups in total. The van der Waals surface area contributed by atoms with E-state index >= 15 is 0 Å². The molecule has 2 aliphatic rings. The molecule has 4 heteroatoms. The van der Waals surface area contributed by atoms with Crippen LogP contribution in [0.25, 0.3) is 0 Å². The van der Waals surface area contributed by atoms with E-state index in [1.165, 1.54) is 32.6 Å². The summed E-state index contributed by atoms with van der Waals surface area (Å²) < 4.78 is 11.4. The van der Waals surface area contributed by atoms with Gasteiger partial charge in [-0.3, -0.25) is 4.90 Å². The molecule has 0 radical (unpaired) electrons. The van der Waals surface area contributed by atoms with Crippen LogP contribution in [0.3, 0.4) is 0 Å². The van der Waals surface area contributed by atoms with Gasteiger partial charge in [-0.2, -0.15) is 0 Å². The van der Waals surface area contributed by atoms with Gasteiger partial charge in [0, 0.05) is 13.1 Å². The summed E-state index contributed by atoms with van der Waals surface area (Å²) in [6.07, 6.45) is 2.37. The summed E-state index contributed by atoms with van der Waals surface area (Å²) in [6, 6.07) is 7.97. The zero-order chi connectivity index (χ0) is 15.2. The number of benzene rings is 1. The summed E-state index contributed by atoms with van der Waals surface area (Å²) in [4.78, 5) is 2.55. The van der Waals surface area contributed by atoms with Gasteiger partial charge in [0.25, 0.3) is 0 Å². The second kappa shape index (κ2) is 7.84. The first-order chi connectivity index (χ1) is 10.8. The molecule has 3 rings (SSSR count). The Kier molecular flexibility index (Phi) is 5.57. The quantitative estimate of drug-likeness (QED) is 0.839. The summed E-state index contributed by atoms with van der Waals surface area (Å²) in [5.41, 5.74) is 0. The van der Waals surface area contributed by atoms with E-state index in [1.54, 1.807) is 0 Å². The molecule has 2 atom stereocenters. The number of hydrogen-bond acceptors (Lipinski definition) is 4. The lowest BCUT2D eigenvalue weighted by atomic mass is 9.89. The van der Waals surface area contributed by atoms with Crippen molar-refractivity contribution in [3.05, 3.63) is 24.3 Å². The van der Waals surface area contributed by atoms with E-state index in [2.05, 4.69) is 17.1 Å². The normalized spacial score (nSPS) is 25.0. The van der Waals surface area contributed by atoms with Crippen molar-refractivity contribution >= 4 is 0 Å². The second-order valence-electron chi connectivity index (χ2n) is 6.44. The predicted molar refractivity (Wildman–Crippen MR) is 88.6 cm³/mol. The monoisotopic (exact) mass is 304 g/mol. The van der Waals surface area contributed by atoms with E-state index in [9.17, 15) is 0 Å². The molecule has 0 amide bonds. The molecule has 0 saturated carbocycles. The van der Waals surface area contributed by atoms with Gasteiger partial charge >= 0.3 is 0 Å². The first-order valence-electron chi connectivity index (χ1n) is 8.64. The van der Waals surface area contributed by atoms with Gasteiger partial charge in [-0.15, -0.1) is 0 Å². The first-order valence-corrected chi connectivity index (χ1v) is 8.64. The fourth-order valence-electron chi connectivity index (χ4n) is 3.46. The Labute approximate surface area is 133 Å². The molecule has 122 valence electrons. The van der Waals surface area contributed by atoms with Crippen molar-refractivity contribution in [3.8, 4) is 11.5 Å². The molecular weight excluding hydrogens is 276 g/mol. The minimum atomic E-state index is 0.764. The number of fused-ring (bicyclic) bond motifs is 1. The van der Waals surface area contributed by atoms with Crippen LogP contribution in [0.5, 0.6) is 11.5 Å². The van der Waals surface area contributed by atoms with Crippen LogP contribution in [0.15, 0.2) is 24.3 Å². The lowest BCUT2D eigenvalue weighted by Crippen LogP contribution is -2.41. The highest BCUT2D eigenvalue weighted by molar-refractivity contribution is 5.31. The topological polar surface area (TPSA) is 33.7 Å². The number of rotatable bonds is 7. The van der Waals surface area contributed by atoms with Crippen molar-refractivity contribution in [1.29, 1.82) is 0 Å². The molecule has 0 bridgehead atoms. The van der Waals surface area contributed by atoms with Crippen LogP contribution >= 0.6 is 0 Å². The summed E-state index contributed by atoms with van der Waals surface area (Å²) in [6.45, 7) is 9.54. The van der Waals surface area contributed by atoms with Gasteiger partial charge in [0.1, 0.15) is 18.1 Å². The Morgan fingerprint density at radius 3 is 2.45 bits per heavy atom. The molecular formula is C18H28N2O2.